The summed E-state index contributed by atoms with van der Waals surface area (Å²) in [6.45, 7) is 1.64. The molecule has 0 radical (unpaired) electrons. The van der Waals surface area contributed by atoms with Gasteiger partial charge in [0.15, 0.2) is 0 Å². The zero-order chi connectivity index (χ0) is 13.4. The molecule has 0 saturated heterocycles. The van der Waals surface area contributed by atoms with Crippen molar-refractivity contribution in [3.63, 3.8) is 0 Å². The number of hydrogen-bond donors (Lipinski definition) is 2. The molecule has 7 heteroatoms. The van der Waals surface area contributed by atoms with Gasteiger partial charge in [-0.25, -0.2) is 0 Å². The topological polar surface area (TPSA) is 96.2 Å². The van der Waals surface area contributed by atoms with Gasteiger partial charge in [-0.1, -0.05) is 0 Å². The molecule has 2 N–H and O–H groups in total. The number of benzene rings is 1. The minimum absolute atomic E-state index is 0.269. The molecule has 0 atom stereocenters. The molecule has 0 aliphatic rings. The Morgan fingerprint density at radius 1 is 1.56 bits per heavy atom. The van der Waals surface area contributed by atoms with Crippen LogP contribution in [0.2, 0.25) is 0 Å². The van der Waals surface area contributed by atoms with E-state index < -0.39 is 22.4 Å². The van der Waals surface area contributed by atoms with E-state index in [9.17, 15) is 19.3 Å². The number of halogens is 1. The molecule has 0 aliphatic heterocycles. The molecular formula is C11H9FN2O4. The lowest BCUT2D eigenvalue weighted by Gasteiger charge is -1.98. The number of carboxylic acid groups (broad SMARTS) is 1. The summed E-state index contributed by atoms with van der Waals surface area (Å²) in [4.78, 5) is 23.4. The number of carbonyl (C=O) groups is 1. The Morgan fingerprint density at radius 3 is 2.78 bits per heavy atom. The van der Waals surface area contributed by atoms with E-state index in [1.165, 1.54) is 0 Å². The number of rotatable bonds is 3. The second-order valence-corrected chi connectivity index (χ2v) is 3.91. The first-order valence-electron chi connectivity index (χ1n) is 5.07. The Labute approximate surface area is 100 Å². The van der Waals surface area contributed by atoms with Gasteiger partial charge in [0.2, 0.25) is 5.82 Å². The highest BCUT2D eigenvalue weighted by molar-refractivity contribution is 5.90. The number of aromatic nitrogens is 1. The van der Waals surface area contributed by atoms with Gasteiger partial charge >= 0.3 is 11.7 Å². The number of aryl methyl sites for hydroxylation is 1. The lowest BCUT2D eigenvalue weighted by atomic mass is 10.1. The molecule has 6 nitrogen and oxygen atoms in total. The molecule has 0 unspecified atom stereocenters. The van der Waals surface area contributed by atoms with E-state index in [1.807, 2.05) is 0 Å². The van der Waals surface area contributed by atoms with Gasteiger partial charge in [0.25, 0.3) is 0 Å². The van der Waals surface area contributed by atoms with Crippen LogP contribution >= 0.6 is 0 Å². The third kappa shape index (κ3) is 1.90. The van der Waals surface area contributed by atoms with Gasteiger partial charge in [0, 0.05) is 28.7 Å². The fourth-order valence-electron chi connectivity index (χ4n) is 1.91. The van der Waals surface area contributed by atoms with Crippen molar-refractivity contribution in [3.8, 4) is 0 Å². The molecule has 1 aromatic heterocycles. The third-order valence-electron chi connectivity index (χ3n) is 2.71. The van der Waals surface area contributed by atoms with Gasteiger partial charge in [0.05, 0.1) is 11.3 Å². The summed E-state index contributed by atoms with van der Waals surface area (Å²) in [7, 11) is 0. The van der Waals surface area contributed by atoms with Crippen molar-refractivity contribution in [2.24, 2.45) is 0 Å². The van der Waals surface area contributed by atoms with Crippen LogP contribution in [-0.4, -0.2) is 21.0 Å². The van der Waals surface area contributed by atoms with E-state index in [1.54, 1.807) is 6.92 Å². The minimum Gasteiger partial charge on any atom is -0.481 e. The van der Waals surface area contributed by atoms with Crippen molar-refractivity contribution in [1.82, 2.24) is 4.98 Å². The summed E-state index contributed by atoms with van der Waals surface area (Å²) < 4.78 is 13.4. The smallest absolute Gasteiger partial charge is 0.307 e. The number of carboxylic acids is 1. The average molecular weight is 252 g/mol. The SMILES string of the molecule is Cc1[nH]c2cc(F)c([N+](=O)[O-])cc2c1CC(=O)O. The molecule has 94 valence electrons. The van der Waals surface area contributed by atoms with Crippen LogP contribution in [0.15, 0.2) is 12.1 Å². The largest absolute Gasteiger partial charge is 0.481 e. The van der Waals surface area contributed by atoms with Crippen molar-refractivity contribution < 1.29 is 19.2 Å². The molecular weight excluding hydrogens is 243 g/mol. The zero-order valence-corrected chi connectivity index (χ0v) is 9.36. The Bertz CT molecular complexity index is 663. The molecule has 1 aromatic carbocycles. The first-order chi connectivity index (χ1) is 8.40. The van der Waals surface area contributed by atoms with Crippen molar-refractivity contribution in [1.29, 1.82) is 0 Å². The van der Waals surface area contributed by atoms with E-state index >= 15 is 0 Å². The number of H-pyrrole nitrogens is 1. The second kappa shape index (κ2) is 4.10. The quantitative estimate of drug-likeness (QED) is 0.646. The van der Waals surface area contributed by atoms with Crippen LogP contribution < -0.4 is 0 Å². The molecule has 0 bridgehead atoms. The molecule has 0 amide bonds. The van der Waals surface area contributed by atoms with Crippen molar-refractivity contribution in [3.05, 3.63) is 39.3 Å². The number of nitro groups is 1. The Hall–Kier alpha value is -2.44. The highest BCUT2D eigenvalue weighted by Crippen LogP contribution is 2.29. The predicted octanol–water partition coefficient (Wildman–Crippen LogP) is 2.15. The van der Waals surface area contributed by atoms with Crippen LogP contribution in [-0.2, 0) is 11.2 Å². The number of nitro benzene ring substituents is 1. The fraction of sp³-hybridized carbons (Fsp3) is 0.182. The number of fused-ring (bicyclic) bond motifs is 1. The van der Waals surface area contributed by atoms with Gasteiger partial charge in [-0.15, -0.1) is 0 Å². The van der Waals surface area contributed by atoms with Gasteiger partial charge in [-0.3, -0.25) is 14.9 Å². The Kier molecular flexibility index (Phi) is 2.74. The lowest BCUT2D eigenvalue weighted by molar-refractivity contribution is -0.387. The third-order valence-corrected chi connectivity index (χ3v) is 2.71. The van der Waals surface area contributed by atoms with Crippen molar-refractivity contribution in [2.75, 3.05) is 0 Å². The molecule has 0 saturated carbocycles. The Balaban J connectivity index is 2.72. The first-order valence-corrected chi connectivity index (χ1v) is 5.07. The molecule has 18 heavy (non-hydrogen) atoms. The number of nitrogens with zero attached hydrogens (tertiary/aromatic N) is 1. The second-order valence-electron chi connectivity index (χ2n) is 3.91. The van der Waals surface area contributed by atoms with Crippen molar-refractivity contribution in [2.45, 2.75) is 13.3 Å². The normalized spacial score (nSPS) is 10.8. The Morgan fingerprint density at radius 2 is 2.22 bits per heavy atom. The standard InChI is InChI=1S/C11H9FN2O4/c1-5-6(3-11(15)16)7-2-10(14(17)18)8(12)4-9(7)13-5/h2,4,13H,3H2,1H3,(H,15,16). The first kappa shape index (κ1) is 12.0. The summed E-state index contributed by atoms with van der Waals surface area (Å²) >= 11 is 0. The fourth-order valence-corrected chi connectivity index (χ4v) is 1.91. The maximum atomic E-state index is 13.4. The number of aliphatic carboxylic acids is 1. The van der Waals surface area contributed by atoms with Gasteiger partial charge < -0.3 is 10.1 Å². The molecule has 1 heterocycles. The molecule has 2 rings (SSSR count). The lowest BCUT2D eigenvalue weighted by Crippen LogP contribution is -2.01. The van der Waals surface area contributed by atoms with E-state index in [4.69, 9.17) is 5.11 Å². The highest BCUT2D eigenvalue weighted by atomic mass is 19.1. The number of aromatic amines is 1. The maximum absolute atomic E-state index is 13.4. The minimum atomic E-state index is -1.05. The number of nitrogens with one attached hydrogen (secondary N) is 1. The average Bonchev–Trinajstić information content (AvgIpc) is 2.52. The number of hydrogen-bond acceptors (Lipinski definition) is 3. The van der Waals surface area contributed by atoms with Gasteiger partial charge in [0.1, 0.15) is 0 Å². The summed E-state index contributed by atoms with van der Waals surface area (Å²) in [6, 6.07) is 2.07. The van der Waals surface area contributed by atoms with E-state index in [0.717, 1.165) is 12.1 Å². The van der Waals surface area contributed by atoms with Crippen LogP contribution in [0, 0.1) is 22.9 Å². The molecule has 0 spiro atoms. The predicted molar refractivity (Wildman–Crippen MR) is 61.0 cm³/mol. The maximum Gasteiger partial charge on any atom is 0.307 e. The summed E-state index contributed by atoms with van der Waals surface area (Å²) in [5.41, 5.74) is 0.688. The molecule has 0 fully saturated rings. The van der Waals surface area contributed by atoms with Crippen LogP contribution in [0.4, 0.5) is 10.1 Å². The van der Waals surface area contributed by atoms with Crippen LogP contribution in [0.3, 0.4) is 0 Å². The summed E-state index contributed by atoms with van der Waals surface area (Å²) in [6.07, 6.45) is -0.269. The van der Waals surface area contributed by atoms with Gasteiger partial charge in [-0.05, 0) is 12.5 Å². The highest BCUT2D eigenvalue weighted by Gasteiger charge is 2.19. The van der Waals surface area contributed by atoms with E-state index in [0.29, 0.717) is 22.2 Å². The van der Waals surface area contributed by atoms with E-state index in [2.05, 4.69) is 4.98 Å². The van der Waals surface area contributed by atoms with Gasteiger partial charge in [-0.2, -0.15) is 4.39 Å². The molecule has 2 aromatic rings. The summed E-state index contributed by atoms with van der Waals surface area (Å²) in [5, 5.41) is 19.8. The van der Waals surface area contributed by atoms with Crippen molar-refractivity contribution >= 4 is 22.6 Å². The zero-order valence-electron chi connectivity index (χ0n) is 9.36. The van der Waals surface area contributed by atoms with Crippen LogP contribution in [0.1, 0.15) is 11.3 Å². The van der Waals surface area contributed by atoms with E-state index in [-0.39, 0.29) is 6.42 Å². The molecule has 0 aliphatic carbocycles. The van der Waals surface area contributed by atoms with Crippen LogP contribution in [0.25, 0.3) is 10.9 Å². The summed E-state index contributed by atoms with van der Waals surface area (Å²) in [5.74, 6) is -2.00. The monoisotopic (exact) mass is 252 g/mol. The van der Waals surface area contributed by atoms with Crippen LogP contribution in [0.5, 0.6) is 0 Å².